The summed E-state index contributed by atoms with van der Waals surface area (Å²) in [5.74, 6) is 0. The van der Waals surface area contributed by atoms with Gasteiger partial charge < -0.3 is 0 Å². The molecule has 0 saturated heterocycles. The van der Waals surface area contributed by atoms with Crippen molar-refractivity contribution in [2.24, 2.45) is 4.99 Å². The van der Waals surface area contributed by atoms with Gasteiger partial charge in [-0.2, -0.15) is 0 Å². The topological polar surface area (TPSA) is 47.9 Å². The highest BCUT2D eigenvalue weighted by Gasteiger charge is 2.25. The Hall–Kier alpha value is -1.88. The van der Waals surface area contributed by atoms with E-state index in [0.717, 1.165) is 16.8 Å². The van der Waals surface area contributed by atoms with E-state index in [1.165, 1.54) is 11.3 Å². The number of carbonyl (C=O) groups is 1. The predicted molar refractivity (Wildman–Crippen MR) is 68.0 cm³/mol. The molecule has 5 nitrogen and oxygen atoms in total. The van der Waals surface area contributed by atoms with E-state index in [4.69, 9.17) is 0 Å². The number of carbonyl (C=O) groups excluding carboxylic acids is 1. The number of urea groups is 1. The highest BCUT2D eigenvalue weighted by atomic mass is 16.2. The van der Waals surface area contributed by atoms with Crippen molar-refractivity contribution in [3.05, 3.63) is 29.3 Å². The van der Waals surface area contributed by atoms with Gasteiger partial charge >= 0.3 is 6.03 Å². The molecule has 0 bridgehead atoms. The number of nitrogens with zero attached hydrogens (tertiary/aromatic N) is 3. The van der Waals surface area contributed by atoms with Crippen LogP contribution in [0.4, 0.5) is 10.5 Å². The molecule has 1 N–H and O–H groups in total. The molecule has 1 aromatic carbocycles. The summed E-state index contributed by atoms with van der Waals surface area (Å²) < 4.78 is 0. The van der Waals surface area contributed by atoms with Crippen LogP contribution in [-0.4, -0.2) is 31.1 Å². The molecule has 5 heteroatoms. The summed E-state index contributed by atoms with van der Waals surface area (Å²) in [6, 6.07) is 5.87. The van der Waals surface area contributed by atoms with E-state index in [-0.39, 0.29) is 6.03 Å². The quantitative estimate of drug-likeness (QED) is 0.843. The number of amides is 2. The van der Waals surface area contributed by atoms with Crippen molar-refractivity contribution in [2.75, 3.05) is 18.6 Å². The minimum absolute atomic E-state index is 0.111. The molecule has 17 heavy (non-hydrogen) atoms. The summed E-state index contributed by atoms with van der Waals surface area (Å²) in [4.78, 5) is 18.0. The monoisotopic (exact) mass is 232 g/mol. The lowest BCUT2D eigenvalue weighted by Crippen LogP contribution is -2.51. The number of hydrogen-bond donors (Lipinski definition) is 1. The van der Waals surface area contributed by atoms with E-state index in [2.05, 4.69) is 10.4 Å². The third kappa shape index (κ3) is 2.01. The summed E-state index contributed by atoms with van der Waals surface area (Å²) in [7, 11) is 1.69. The first-order valence-corrected chi connectivity index (χ1v) is 5.49. The number of benzene rings is 1. The van der Waals surface area contributed by atoms with Crippen LogP contribution in [0.3, 0.4) is 0 Å². The third-order valence-corrected chi connectivity index (χ3v) is 2.81. The fourth-order valence-electron chi connectivity index (χ4n) is 1.99. The number of aryl methyl sites for hydroxylation is 2. The molecule has 0 atom stereocenters. The van der Waals surface area contributed by atoms with Crippen molar-refractivity contribution in [1.82, 2.24) is 10.4 Å². The number of hydrazine groups is 1. The summed E-state index contributed by atoms with van der Waals surface area (Å²) in [6.45, 7) is 4.36. The molecule has 0 aliphatic carbocycles. The normalized spacial score (nSPS) is 15.6. The van der Waals surface area contributed by atoms with Crippen molar-refractivity contribution in [3.8, 4) is 0 Å². The van der Waals surface area contributed by atoms with Gasteiger partial charge in [-0.05, 0) is 25.0 Å². The van der Waals surface area contributed by atoms with E-state index >= 15 is 0 Å². The molecule has 0 radical (unpaired) electrons. The molecule has 90 valence electrons. The van der Waals surface area contributed by atoms with E-state index < -0.39 is 0 Å². The Morgan fingerprint density at radius 1 is 1.29 bits per heavy atom. The minimum Gasteiger partial charge on any atom is -0.272 e. The molecule has 0 unspecified atom stereocenters. The van der Waals surface area contributed by atoms with Gasteiger partial charge in [-0.3, -0.25) is 9.89 Å². The van der Waals surface area contributed by atoms with Crippen LogP contribution in [0.2, 0.25) is 0 Å². The van der Waals surface area contributed by atoms with Crippen molar-refractivity contribution in [3.63, 3.8) is 0 Å². The predicted octanol–water partition coefficient (Wildman–Crippen LogP) is 1.67. The zero-order valence-corrected chi connectivity index (χ0v) is 10.3. The zero-order valence-electron chi connectivity index (χ0n) is 10.3. The number of hydrogen-bond acceptors (Lipinski definition) is 3. The third-order valence-electron chi connectivity index (χ3n) is 2.81. The van der Waals surface area contributed by atoms with Crippen molar-refractivity contribution < 1.29 is 4.79 Å². The van der Waals surface area contributed by atoms with Crippen LogP contribution in [0.5, 0.6) is 0 Å². The Bertz CT molecular complexity index is 449. The van der Waals surface area contributed by atoms with E-state index in [1.54, 1.807) is 11.9 Å². The summed E-state index contributed by atoms with van der Waals surface area (Å²) in [6.07, 6.45) is 1.51. The average molecular weight is 232 g/mol. The lowest BCUT2D eigenvalue weighted by Gasteiger charge is -2.31. The second-order valence-electron chi connectivity index (χ2n) is 3.98. The van der Waals surface area contributed by atoms with Crippen LogP contribution in [0.25, 0.3) is 0 Å². The van der Waals surface area contributed by atoms with Crippen LogP contribution < -0.4 is 10.3 Å². The lowest BCUT2D eigenvalue weighted by atomic mass is 10.1. The molecule has 2 rings (SSSR count). The number of para-hydroxylation sites is 1. The maximum atomic E-state index is 12.2. The van der Waals surface area contributed by atoms with Crippen LogP contribution in [0.15, 0.2) is 23.2 Å². The molecule has 1 heterocycles. The van der Waals surface area contributed by atoms with Gasteiger partial charge in [0.05, 0.1) is 5.69 Å². The summed E-state index contributed by atoms with van der Waals surface area (Å²) in [5.41, 5.74) is 5.88. The first-order chi connectivity index (χ1) is 8.15. The molecule has 1 aliphatic rings. The van der Waals surface area contributed by atoms with E-state index in [1.807, 2.05) is 32.0 Å². The first kappa shape index (κ1) is 11.6. The van der Waals surface area contributed by atoms with Gasteiger partial charge in [0, 0.05) is 7.05 Å². The Kier molecular flexibility index (Phi) is 3.10. The Morgan fingerprint density at radius 3 is 2.53 bits per heavy atom. The van der Waals surface area contributed by atoms with Gasteiger partial charge in [0.15, 0.2) is 0 Å². The van der Waals surface area contributed by atoms with Crippen LogP contribution in [0, 0.1) is 13.8 Å². The first-order valence-electron chi connectivity index (χ1n) is 5.49. The maximum absolute atomic E-state index is 12.2. The van der Waals surface area contributed by atoms with Gasteiger partial charge in [0.2, 0.25) is 0 Å². The van der Waals surface area contributed by atoms with Gasteiger partial charge in [0.25, 0.3) is 0 Å². The van der Waals surface area contributed by atoms with Crippen LogP contribution >= 0.6 is 0 Å². The Labute approximate surface area is 101 Å². The molecule has 0 saturated carbocycles. The zero-order chi connectivity index (χ0) is 12.4. The largest absolute Gasteiger partial charge is 0.345 e. The smallest absolute Gasteiger partial charge is 0.272 e. The molecule has 2 amide bonds. The molecule has 1 aromatic rings. The van der Waals surface area contributed by atoms with E-state index in [9.17, 15) is 4.79 Å². The number of rotatable bonds is 2. The minimum atomic E-state index is -0.111. The van der Waals surface area contributed by atoms with Gasteiger partial charge in [-0.25, -0.2) is 15.2 Å². The number of nitrogens with one attached hydrogen (secondary N) is 1. The highest BCUT2D eigenvalue weighted by Crippen LogP contribution is 2.26. The average Bonchev–Trinajstić information content (AvgIpc) is 2.31. The van der Waals surface area contributed by atoms with Crippen molar-refractivity contribution >= 4 is 18.1 Å². The Balaban J connectivity index is 2.41. The lowest BCUT2D eigenvalue weighted by molar-refractivity contribution is 0.216. The van der Waals surface area contributed by atoms with Crippen molar-refractivity contribution in [2.45, 2.75) is 13.8 Å². The second kappa shape index (κ2) is 4.55. The van der Waals surface area contributed by atoms with E-state index in [0.29, 0.717) is 6.67 Å². The molecular formula is C12H16N4O. The van der Waals surface area contributed by atoms with Gasteiger partial charge in [-0.15, -0.1) is 0 Å². The molecule has 0 fully saturated rings. The fourth-order valence-corrected chi connectivity index (χ4v) is 1.99. The summed E-state index contributed by atoms with van der Waals surface area (Å²) >= 11 is 0. The van der Waals surface area contributed by atoms with Gasteiger partial charge in [-0.1, -0.05) is 18.2 Å². The van der Waals surface area contributed by atoms with Crippen molar-refractivity contribution in [1.29, 1.82) is 0 Å². The second-order valence-corrected chi connectivity index (χ2v) is 3.98. The number of anilines is 1. The molecule has 0 aromatic heterocycles. The maximum Gasteiger partial charge on any atom is 0.345 e. The highest BCUT2D eigenvalue weighted by molar-refractivity contribution is 6.00. The molecular weight excluding hydrogens is 216 g/mol. The molecule has 0 spiro atoms. The Morgan fingerprint density at radius 2 is 1.94 bits per heavy atom. The standard InChI is InChI=1S/C12H16N4O/c1-9-5-4-6-10(2)11(9)15-7-14-8-16(13-3)12(15)17/h4-6,8,13H,7H2,1-3H3. The SMILES string of the molecule is CNN1C=NCN(c2c(C)cccc2C)C1=O. The fraction of sp³-hybridized carbons (Fsp3) is 0.333. The van der Waals surface area contributed by atoms with Gasteiger partial charge in [0.1, 0.15) is 13.0 Å². The van der Waals surface area contributed by atoms with Crippen LogP contribution in [-0.2, 0) is 0 Å². The number of aliphatic imine (C=N–C) groups is 1. The summed E-state index contributed by atoms with van der Waals surface area (Å²) in [5, 5.41) is 1.37. The van der Waals surface area contributed by atoms with Crippen LogP contribution in [0.1, 0.15) is 11.1 Å². The molecule has 1 aliphatic heterocycles.